The van der Waals surface area contributed by atoms with E-state index in [1.54, 1.807) is 18.2 Å². The monoisotopic (exact) mass is 412 g/mol. The number of nitrogens with zero attached hydrogens (tertiary/aromatic N) is 2. The largest absolute Gasteiger partial charge is 0.493 e. The van der Waals surface area contributed by atoms with Gasteiger partial charge in [-0.05, 0) is 18.6 Å². The molecule has 0 aromatic heterocycles. The minimum atomic E-state index is -0.534. The van der Waals surface area contributed by atoms with Gasteiger partial charge in [-0.1, -0.05) is 6.08 Å². The molecule has 0 bridgehead atoms. The van der Waals surface area contributed by atoms with Crippen LogP contribution in [0.2, 0.25) is 0 Å². The van der Waals surface area contributed by atoms with Gasteiger partial charge in [0.1, 0.15) is 0 Å². The van der Waals surface area contributed by atoms with Gasteiger partial charge in [0.2, 0.25) is 6.79 Å². The number of fused-ring (bicyclic) bond motifs is 1. The number of aliphatic imine (C=N–C) groups is 1. The maximum Gasteiger partial charge on any atom is 0.282 e. The van der Waals surface area contributed by atoms with E-state index in [-0.39, 0.29) is 30.2 Å². The molecular formula is C21H20N2O7. The van der Waals surface area contributed by atoms with Crippen LogP contribution in [0, 0.1) is 10.1 Å². The quantitative estimate of drug-likeness (QED) is 0.199. The van der Waals surface area contributed by atoms with Crippen LogP contribution in [0.4, 0.5) is 11.4 Å². The number of Topliss-reactive ketones (excluding diaryl/α,β-unsaturated/α-hetero) is 1. The zero-order chi connectivity index (χ0) is 21.7. The zero-order valence-corrected chi connectivity index (χ0v) is 16.5. The third-order valence-corrected chi connectivity index (χ3v) is 4.44. The number of hydrogen-bond acceptors (Lipinski definition) is 8. The van der Waals surface area contributed by atoms with Crippen molar-refractivity contribution in [2.45, 2.75) is 12.8 Å². The Morgan fingerprint density at radius 1 is 1.20 bits per heavy atom. The number of nitro groups is 1. The molecule has 0 saturated carbocycles. The molecule has 1 aliphatic heterocycles. The third kappa shape index (κ3) is 4.24. The van der Waals surface area contributed by atoms with E-state index in [2.05, 4.69) is 11.6 Å². The molecule has 0 radical (unpaired) electrons. The summed E-state index contributed by atoms with van der Waals surface area (Å²) in [5.74, 6) is 1.28. The van der Waals surface area contributed by atoms with Crippen molar-refractivity contribution in [2.75, 3.05) is 21.0 Å². The second-order valence-corrected chi connectivity index (χ2v) is 6.25. The first-order valence-corrected chi connectivity index (χ1v) is 9.00. The van der Waals surface area contributed by atoms with Crippen LogP contribution in [0.3, 0.4) is 0 Å². The van der Waals surface area contributed by atoms with Crippen LogP contribution in [0.15, 0.2) is 41.9 Å². The fraction of sp³-hybridized carbons (Fsp3) is 0.238. The Morgan fingerprint density at radius 2 is 1.87 bits per heavy atom. The number of ketones is 1. The molecule has 0 saturated heterocycles. The Kier molecular flexibility index (Phi) is 6.31. The topological polar surface area (TPSA) is 109 Å². The van der Waals surface area contributed by atoms with Gasteiger partial charge < -0.3 is 18.9 Å². The number of rotatable bonds is 9. The average molecular weight is 412 g/mol. The van der Waals surface area contributed by atoms with Crippen molar-refractivity contribution < 1.29 is 28.7 Å². The van der Waals surface area contributed by atoms with Crippen LogP contribution in [-0.4, -0.2) is 37.9 Å². The molecule has 0 spiro atoms. The molecule has 0 N–H and O–H groups in total. The Bertz CT molecular complexity index is 1030. The van der Waals surface area contributed by atoms with E-state index in [1.807, 2.05) is 0 Å². The molecule has 30 heavy (non-hydrogen) atoms. The van der Waals surface area contributed by atoms with Gasteiger partial charge >= 0.3 is 0 Å². The summed E-state index contributed by atoms with van der Waals surface area (Å²) in [7, 11) is 2.93. The van der Waals surface area contributed by atoms with Gasteiger partial charge in [0.05, 0.1) is 36.5 Å². The summed E-state index contributed by atoms with van der Waals surface area (Å²) in [6.07, 6.45) is 3.71. The van der Waals surface area contributed by atoms with Crippen LogP contribution < -0.4 is 18.9 Å². The highest BCUT2D eigenvalue weighted by Gasteiger charge is 2.23. The Labute approximate surface area is 172 Å². The third-order valence-electron chi connectivity index (χ3n) is 4.44. The maximum atomic E-state index is 12.7. The molecule has 156 valence electrons. The lowest BCUT2D eigenvalue weighted by Crippen LogP contribution is -2.02. The summed E-state index contributed by atoms with van der Waals surface area (Å²) in [5.41, 5.74) is 0.634. The van der Waals surface area contributed by atoms with Crippen molar-refractivity contribution in [3.05, 3.63) is 58.2 Å². The highest BCUT2D eigenvalue weighted by atomic mass is 16.7. The predicted molar refractivity (Wildman–Crippen MR) is 110 cm³/mol. The van der Waals surface area contributed by atoms with Gasteiger partial charge in [0.15, 0.2) is 28.8 Å². The van der Waals surface area contributed by atoms with Gasteiger partial charge in [-0.3, -0.25) is 19.9 Å². The predicted octanol–water partition coefficient (Wildman–Crippen LogP) is 4.24. The summed E-state index contributed by atoms with van der Waals surface area (Å²) < 4.78 is 21.1. The zero-order valence-electron chi connectivity index (χ0n) is 16.5. The number of nitro benzene ring substituents is 1. The van der Waals surface area contributed by atoms with Gasteiger partial charge in [-0.25, -0.2) is 0 Å². The highest BCUT2D eigenvalue weighted by molar-refractivity contribution is 6.02. The van der Waals surface area contributed by atoms with E-state index in [0.717, 1.165) is 0 Å². The van der Waals surface area contributed by atoms with Gasteiger partial charge in [-0.15, -0.1) is 6.58 Å². The van der Waals surface area contributed by atoms with Crippen molar-refractivity contribution in [2.24, 2.45) is 4.99 Å². The lowest BCUT2D eigenvalue weighted by molar-refractivity contribution is -0.385. The lowest BCUT2D eigenvalue weighted by Gasteiger charge is -2.12. The number of carbonyl (C=O) groups is 1. The molecule has 0 aliphatic carbocycles. The Hall–Kier alpha value is -3.88. The summed E-state index contributed by atoms with van der Waals surface area (Å²) in [6, 6.07) is 5.86. The maximum absolute atomic E-state index is 12.7. The van der Waals surface area contributed by atoms with Gasteiger partial charge in [0.25, 0.3) is 5.69 Å². The van der Waals surface area contributed by atoms with Crippen LogP contribution in [0.1, 0.15) is 28.8 Å². The number of hydrogen-bond donors (Lipinski definition) is 0. The van der Waals surface area contributed by atoms with Crippen molar-refractivity contribution >= 4 is 23.4 Å². The molecule has 3 rings (SSSR count). The first-order chi connectivity index (χ1) is 14.5. The SMILES string of the molecule is C=CCCC(=O)c1cc(OC)c(OC)cc1/N=C/c1cc2c(cc1[N+](=O)[O-])OCO2. The van der Waals surface area contributed by atoms with Crippen molar-refractivity contribution in [3.63, 3.8) is 0 Å². The molecule has 2 aromatic rings. The normalized spacial score (nSPS) is 12.1. The summed E-state index contributed by atoms with van der Waals surface area (Å²) in [4.78, 5) is 27.9. The fourth-order valence-corrected chi connectivity index (χ4v) is 2.91. The Balaban J connectivity index is 2.07. The highest BCUT2D eigenvalue weighted by Crippen LogP contribution is 2.39. The second-order valence-electron chi connectivity index (χ2n) is 6.25. The van der Waals surface area contributed by atoms with Crippen molar-refractivity contribution in [3.8, 4) is 23.0 Å². The Morgan fingerprint density at radius 3 is 2.50 bits per heavy atom. The molecule has 0 fully saturated rings. The summed E-state index contributed by atoms with van der Waals surface area (Å²) in [6.45, 7) is 3.62. The molecular weight excluding hydrogens is 392 g/mol. The number of carbonyl (C=O) groups excluding carboxylic acids is 1. The summed E-state index contributed by atoms with van der Waals surface area (Å²) >= 11 is 0. The number of allylic oxidation sites excluding steroid dienone is 1. The van der Waals surface area contributed by atoms with Crippen LogP contribution >= 0.6 is 0 Å². The first kappa shape index (κ1) is 20.8. The van der Waals surface area contributed by atoms with E-state index in [1.165, 1.54) is 32.6 Å². The van der Waals surface area contributed by atoms with E-state index >= 15 is 0 Å². The molecule has 1 aliphatic rings. The number of methoxy groups -OCH3 is 2. The van der Waals surface area contributed by atoms with E-state index < -0.39 is 4.92 Å². The molecule has 0 atom stereocenters. The lowest BCUT2D eigenvalue weighted by atomic mass is 10.0. The molecule has 0 amide bonds. The minimum absolute atomic E-state index is 0.00921. The fourth-order valence-electron chi connectivity index (χ4n) is 2.91. The molecule has 9 heteroatoms. The van der Waals surface area contributed by atoms with Crippen molar-refractivity contribution in [1.29, 1.82) is 0 Å². The molecule has 2 aromatic carbocycles. The first-order valence-electron chi connectivity index (χ1n) is 9.00. The van der Waals surface area contributed by atoms with Crippen LogP contribution in [0.25, 0.3) is 0 Å². The molecule has 1 heterocycles. The molecule has 9 nitrogen and oxygen atoms in total. The minimum Gasteiger partial charge on any atom is -0.493 e. The van der Waals surface area contributed by atoms with Crippen LogP contribution in [-0.2, 0) is 0 Å². The number of benzene rings is 2. The number of ether oxygens (including phenoxy) is 4. The smallest absolute Gasteiger partial charge is 0.282 e. The van der Waals surface area contributed by atoms with Crippen molar-refractivity contribution in [1.82, 2.24) is 0 Å². The second kappa shape index (κ2) is 9.08. The van der Waals surface area contributed by atoms with Gasteiger partial charge in [0, 0.05) is 24.3 Å². The van der Waals surface area contributed by atoms with E-state index in [9.17, 15) is 14.9 Å². The molecule has 0 unspecified atom stereocenters. The van der Waals surface area contributed by atoms with Gasteiger partial charge in [-0.2, -0.15) is 0 Å². The van der Waals surface area contributed by atoms with E-state index in [0.29, 0.717) is 40.7 Å². The summed E-state index contributed by atoms with van der Waals surface area (Å²) in [5, 5.41) is 11.5. The van der Waals surface area contributed by atoms with E-state index in [4.69, 9.17) is 18.9 Å². The standard InChI is InChI=1S/C21H20N2O7/c1-4-5-6-17(24)14-8-18(27-2)19(28-3)9-15(14)22-11-13-7-20-21(30-12-29-20)10-16(13)23(25)26/h4,7-11H,1,5-6,12H2,2-3H3/b22-11+. The van der Waals surface area contributed by atoms with Crippen LogP contribution in [0.5, 0.6) is 23.0 Å². The average Bonchev–Trinajstić information content (AvgIpc) is 3.21.